The number of anilines is 2. The van der Waals surface area contributed by atoms with Gasteiger partial charge in [-0.2, -0.15) is 0 Å². The van der Waals surface area contributed by atoms with Gasteiger partial charge >= 0.3 is 0 Å². The number of nitrogens with zero attached hydrogens (tertiary/aromatic N) is 3. The van der Waals surface area contributed by atoms with E-state index in [9.17, 15) is 0 Å². The van der Waals surface area contributed by atoms with Crippen LogP contribution in [0.5, 0.6) is 0 Å². The summed E-state index contributed by atoms with van der Waals surface area (Å²) in [6, 6.07) is 0. The topological polar surface area (TPSA) is 55.0 Å². The van der Waals surface area contributed by atoms with Gasteiger partial charge in [-0.05, 0) is 20.8 Å². The molecule has 1 heterocycles. The van der Waals surface area contributed by atoms with Gasteiger partial charge in [0.05, 0.1) is 17.6 Å². The normalized spacial score (nSPS) is 10.1. The van der Waals surface area contributed by atoms with Crippen molar-refractivity contribution in [1.29, 1.82) is 0 Å². The van der Waals surface area contributed by atoms with Crippen molar-refractivity contribution in [3.05, 3.63) is 11.9 Å². The molecule has 0 aliphatic rings. The summed E-state index contributed by atoms with van der Waals surface area (Å²) in [5, 5.41) is 0. The van der Waals surface area contributed by atoms with E-state index in [0.717, 1.165) is 24.7 Å². The summed E-state index contributed by atoms with van der Waals surface area (Å²) in [5.41, 5.74) is 7.12. The summed E-state index contributed by atoms with van der Waals surface area (Å²) in [4.78, 5) is 10.6. The standard InChI is InChI=1S/C9H16N4/c1-4-13(5-2)9-11-6-8(10)7(3)12-9/h6H,4-5,10H2,1-3H3. The molecule has 72 valence electrons. The van der Waals surface area contributed by atoms with Crippen molar-refractivity contribution in [3.63, 3.8) is 0 Å². The minimum atomic E-state index is 0.649. The first-order valence-corrected chi connectivity index (χ1v) is 4.53. The fourth-order valence-corrected chi connectivity index (χ4v) is 1.12. The van der Waals surface area contributed by atoms with Crippen LogP contribution in [0.15, 0.2) is 6.20 Å². The molecular weight excluding hydrogens is 164 g/mol. The Bertz CT molecular complexity index is 281. The lowest BCUT2D eigenvalue weighted by Gasteiger charge is -2.18. The Kier molecular flexibility index (Phi) is 3.06. The minimum Gasteiger partial charge on any atom is -0.396 e. The molecule has 0 aliphatic heterocycles. The minimum absolute atomic E-state index is 0.649. The summed E-state index contributed by atoms with van der Waals surface area (Å²) in [6.45, 7) is 7.89. The SMILES string of the molecule is CCN(CC)c1ncc(N)c(C)n1. The van der Waals surface area contributed by atoms with E-state index in [4.69, 9.17) is 5.73 Å². The maximum Gasteiger partial charge on any atom is 0.225 e. The number of aromatic nitrogens is 2. The molecule has 0 aliphatic carbocycles. The van der Waals surface area contributed by atoms with E-state index in [0.29, 0.717) is 5.69 Å². The predicted octanol–water partition coefficient (Wildman–Crippen LogP) is 1.21. The molecule has 1 aromatic rings. The van der Waals surface area contributed by atoms with E-state index in [1.54, 1.807) is 6.20 Å². The third-order valence-electron chi connectivity index (χ3n) is 2.05. The molecule has 4 heteroatoms. The number of aryl methyl sites for hydroxylation is 1. The molecule has 0 saturated carbocycles. The van der Waals surface area contributed by atoms with Crippen molar-refractivity contribution in [3.8, 4) is 0 Å². The average Bonchev–Trinajstić information content (AvgIpc) is 2.13. The molecule has 4 nitrogen and oxygen atoms in total. The van der Waals surface area contributed by atoms with E-state index < -0.39 is 0 Å². The largest absolute Gasteiger partial charge is 0.396 e. The molecule has 0 unspecified atom stereocenters. The molecule has 0 radical (unpaired) electrons. The molecule has 0 saturated heterocycles. The molecular formula is C9H16N4. The van der Waals surface area contributed by atoms with Gasteiger partial charge in [-0.1, -0.05) is 0 Å². The summed E-state index contributed by atoms with van der Waals surface area (Å²) in [7, 11) is 0. The van der Waals surface area contributed by atoms with Gasteiger partial charge < -0.3 is 10.6 Å². The Balaban J connectivity index is 2.95. The first kappa shape index (κ1) is 9.77. The second-order valence-electron chi connectivity index (χ2n) is 2.88. The third kappa shape index (κ3) is 2.08. The van der Waals surface area contributed by atoms with Crippen LogP contribution in [-0.4, -0.2) is 23.1 Å². The van der Waals surface area contributed by atoms with Crippen LogP contribution >= 0.6 is 0 Å². The van der Waals surface area contributed by atoms with Crippen LogP contribution in [0, 0.1) is 6.92 Å². The first-order valence-electron chi connectivity index (χ1n) is 4.53. The van der Waals surface area contributed by atoms with Crippen LogP contribution in [0.4, 0.5) is 11.6 Å². The van der Waals surface area contributed by atoms with Crippen molar-refractivity contribution in [2.45, 2.75) is 20.8 Å². The molecule has 0 atom stereocenters. The quantitative estimate of drug-likeness (QED) is 0.759. The third-order valence-corrected chi connectivity index (χ3v) is 2.05. The van der Waals surface area contributed by atoms with Crippen LogP contribution in [0.25, 0.3) is 0 Å². The van der Waals surface area contributed by atoms with Gasteiger partial charge in [0.2, 0.25) is 5.95 Å². The Labute approximate surface area is 78.8 Å². The van der Waals surface area contributed by atoms with Gasteiger partial charge in [0.15, 0.2) is 0 Å². The Morgan fingerprint density at radius 3 is 2.46 bits per heavy atom. The molecule has 0 bridgehead atoms. The van der Waals surface area contributed by atoms with Gasteiger partial charge in [-0.25, -0.2) is 9.97 Å². The van der Waals surface area contributed by atoms with Gasteiger partial charge in [0.25, 0.3) is 0 Å². The molecule has 1 rings (SSSR count). The monoisotopic (exact) mass is 180 g/mol. The van der Waals surface area contributed by atoms with Crippen LogP contribution in [0.2, 0.25) is 0 Å². The fourth-order valence-electron chi connectivity index (χ4n) is 1.12. The molecule has 2 N–H and O–H groups in total. The second kappa shape index (κ2) is 4.07. The molecule has 0 spiro atoms. The summed E-state index contributed by atoms with van der Waals surface area (Å²) in [5.74, 6) is 0.761. The van der Waals surface area contributed by atoms with E-state index >= 15 is 0 Å². The molecule has 0 fully saturated rings. The van der Waals surface area contributed by atoms with Crippen molar-refractivity contribution >= 4 is 11.6 Å². The first-order chi connectivity index (χ1) is 6.19. The molecule has 0 amide bonds. The highest BCUT2D eigenvalue weighted by Crippen LogP contribution is 2.11. The van der Waals surface area contributed by atoms with Crippen molar-refractivity contribution in [1.82, 2.24) is 9.97 Å². The number of hydrogen-bond acceptors (Lipinski definition) is 4. The highest BCUT2D eigenvalue weighted by atomic mass is 15.2. The summed E-state index contributed by atoms with van der Waals surface area (Å²) in [6.07, 6.45) is 1.66. The lowest BCUT2D eigenvalue weighted by atomic mass is 10.4. The zero-order chi connectivity index (χ0) is 9.84. The lowest BCUT2D eigenvalue weighted by Crippen LogP contribution is -2.24. The molecule has 1 aromatic heterocycles. The second-order valence-corrected chi connectivity index (χ2v) is 2.88. The Morgan fingerprint density at radius 1 is 1.38 bits per heavy atom. The lowest BCUT2D eigenvalue weighted by molar-refractivity contribution is 0.817. The van der Waals surface area contributed by atoms with E-state index in [1.807, 2.05) is 6.92 Å². The number of hydrogen-bond donors (Lipinski definition) is 1. The predicted molar refractivity (Wildman–Crippen MR) is 54.7 cm³/mol. The van der Waals surface area contributed by atoms with E-state index in [1.165, 1.54) is 0 Å². The maximum atomic E-state index is 5.63. The van der Waals surface area contributed by atoms with Gasteiger partial charge in [-0.3, -0.25) is 0 Å². The molecule has 13 heavy (non-hydrogen) atoms. The number of rotatable bonds is 3. The van der Waals surface area contributed by atoms with Crippen LogP contribution in [0.1, 0.15) is 19.5 Å². The van der Waals surface area contributed by atoms with Crippen molar-refractivity contribution < 1.29 is 0 Å². The van der Waals surface area contributed by atoms with Gasteiger partial charge in [0.1, 0.15) is 0 Å². The zero-order valence-corrected chi connectivity index (χ0v) is 8.41. The van der Waals surface area contributed by atoms with Crippen LogP contribution in [0.3, 0.4) is 0 Å². The summed E-state index contributed by atoms with van der Waals surface area (Å²) >= 11 is 0. The Hall–Kier alpha value is -1.32. The van der Waals surface area contributed by atoms with Crippen molar-refractivity contribution in [2.75, 3.05) is 23.7 Å². The molecule has 0 aromatic carbocycles. The Morgan fingerprint density at radius 2 is 2.00 bits per heavy atom. The maximum absolute atomic E-state index is 5.63. The fraction of sp³-hybridized carbons (Fsp3) is 0.556. The van der Waals surface area contributed by atoms with Crippen LogP contribution in [-0.2, 0) is 0 Å². The number of nitrogens with two attached hydrogens (primary N) is 1. The van der Waals surface area contributed by atoms with E-state index in [-0.39, 0.29) is 0 Å². The summed E-state index contributed by atoms with van der Waals surface area (Å²) < 4.78 is 0. The average molecular weight is 180 g/mol. The zero-order valence-electron chi connectivity index (χ0n) is 8.41. The van der Waals surface area contributed by atoms with Gasteiger partial charge in [-0.15, -0.1) is 0 Å². The highest BCUT2D eigenvalue weighted by molar-refractivity contribution is 5.44. The number of nitrogen functional groups attached to an aromatic ring is 1. The van der Waals surface area contributed by atoms with Crippen molar-refractivity contribution in [2.24, 2.45) is 0 Å². The smallest absolute Gasteiger partial charge is 0.225 e. The van der Waals surface area contributed by atoms with Crippen LogP contribution < -0.4 is 10.6 Å². The van der Waals surface area contributed by atoms with Gasteiger partial charge in [0, 0.05) is 13.1 Å². The highest BCUT2D eigenvalue weighted by Gasteiger charge is 2.05. The van der Waals surface area contributed by atoms with E-state index in [2.05, 4.69) is 28.7 Å².